The van der Waals surface area contributed by atoms with Crippen molar-refractivity contribution in [2.24, 2.45) is 0 Å². The van der Waals surface area contributed by atoms with E-state index < -0.39 is 6.10 Å². The molecular formula is C15H16N2O2. The average Bonchev–Trinajstić information content (AvgIpc) is 3.31. The number of aliphatic hydroxyl groups excluding tert-OH is 1. The first kappa shape index (κ1) is 12.1. The second kappa shape index (κ2) is 4.97. The highest BCUT2D eigenvalue weighted by Crippen LogP contribution is 2.41. The molecule has 98 valence electrons. The molecule has 0 bridgehead atoms. The molecule has 1 N–H and O–H groups in total. The monoisotopic (exact) mass is 256 g/mol. The molecule has 0 aliphatic heterocycles. The molecule has 2 aromatic rings. The van der Waals surface area contributed by atoms with Crippen LogP contribution >= 0.6 is 0 Å². The summed E-state index contributed by atoms with van der Waals surface area (Å²) >= 11 is 0. The predicted molar refractivity (Wildman–Crippen MR) is 71.1 cm³/mol. The van der Waals surface area contributed by atoms with Crippen LogP contribution in [0.5, 0.6) is 5.88 Å². The third-order valence-corrected chi connectivity index (χ3v) is 3.42. The first-order valence-corrected chi connectivity index (χ1v) is 6.42. The van der Waals surface area contributed by atoms with Crippen molar-refractivity contribution in [1.82, 2.24) is 9.97 Å². The molecule has 1 unspecified atom stereocenters. The normalized spacial score (nSPS) is 16.1. The fourth-order valence-electron chi connectivity index (χ4n) is 2.24. The number of methoxy groups -OCH3 is 1. The van der Waals surface area contributed by atoms with Gasteiger partial charge in [0.25, 0.3) is 0 Å². The quantitative estimate of drug-likeness (QED) is 0.913. The lowest BCUT2D eigenvalue weighted by Gasteiger charge is -2.13. The molecule has 1 aliphatic rings. The SMILES string of the molecule is COc1nccnc1C(O)c1cccc(C2CC2)c1. The number of nitrogens with zero attached hydrogens (tertiary/aromatic N) is 2. The van der Waals surface area contributed by atoms with Gasteiger partial charge < -0.3 is 9.84 Å². The summed E-state index contributed by atoms with van der Waals surface area (Å²) in [5.41, 5.74) is 2.58. The fourth-order valence-corrected chi connectivity index (χ4v) is 2.24. The van der Waals surface area contributed by atoms with E-state index >= 15 is 0 Å². The van der Waals surface area contributed by atoms with E-state index in [9.17, 15) is 5.11 Å². The van der Waals surface area contributed by atoms with Gasteiger partial charge in [-0.3, -0.25) is 4.98 Å². The molecule has 1 aromatic carbocycles. The van der Waals surface area contributed by atoms with E-state index in [-0.39, 0.29) is 0 Å². The van der Waals surface area contributed by atoms with Gasteiger partial charge in [-0.05, 0) is 29.9 Å². The van der Waals surface area contributed by atoms with Gasteiger partial charge in [-0.15, -0.1) is 0 Å². The second-order valence-electron chi connectivity index (χ2n) is 4.80. The number of rotatable bonds is 4. The van der Waals surface area contributed by atoms with Crippen LogP contribution in [0, 0.1) is 0 Å². The Balaban J connectivity index is 1.94. The van der Waals surface area contributed by atoms with Crippen LogP contribution < -0.4 is 4.74 Å². The molecule has 1 fully saturated rings. The van der Waals surface area contributed by atoms with E-state index in [1.165, 1.54) is 25.5 Å². The summed E-state index contributed by atoms with van der Waals surface area (Å²) in [7, 11) is 1.53. The minimum absolute atomic E-state index is 0.367. The zero-order chi connectivity index (χ0) is 13.2. The molecule has 1 saturated carbocycles. The maximum Gasteiger partial charge on any atom is 0.238 e. The highest BCUT2D eigenvalue weighted by molar-refractivity contribution is 5.35. The lowest BCUT2D eigenvalue weighted by molar-refractivity contribution is 0.207. The van der Waals surface area contributed by atoms with Crippen molar-refractivity contribution in [3.05, 3.63) is 53.5 Å². The molecule has 0 radical (unpaired) electrons. The third kappa shape index (κ3) is 2.44. The molecular weight excluding hydrogens is 240 g/mol. The highest BCUT2D eigenvalue weighted by Gasteiger charge is 2.25. The summed E-state index contributed by atoms with van der Waals surface area (Å²) in [5.74, 6) is 1.03. The molecule has 0 spiro atoms. The average molecular weight is 256 g/mol. The summed E-state index contributed by atoms with van der Waals surface area (Å²) in [6, 6.07) is 8.05. The Morgan fingerprint density at radius 1 is 1.26 bits per heavy atom. The smallest absolute Gasteiger partial charge is 0.238 e. The molecule has 4 heteroatoms. The lowest BCUT2D eigenvalue weighted by Crippen LogP contribution is -2.06. The second-order valence-corrected chi connectivity index (χ2v) is 4.80. The van der Waals surface area contributed by atoms with E-state index in [2.05, 4.69) is 22.1 Å². The molecule has 19 heavy (non-hydrogen) atoms. The van der Waals surface area contributed by atoms with Crippen LogP contribution in [0.25, 0.3) is 0 Å². The van der Waals surface area contributed by atoms with Gasteiger partial charge in [0.15, 0.2) is 0 Å². The van der Waals surface area contributed by atoms with Gasteiger partial charge in [0, 0.05) is 12.4 Å². The Labute approximate surface area is 112 Å². The largest absolute Gasteiger partial charge is 0.480 e. The van der Waals surface area contributed by atoms with E-state index in [1.54, 1.807) is 12.4 Å². The van der Waals surface area contributed by atoms with Crippen LogP contribution in [0.15, 0.2) is 36.7 Å². The number of aliphatic hydroxyl groups is 1. The molecule has 1 aromatic heterocycles. The van der Waals surface area contributed by atoms with Crippen molar-refractivity contribution >= 4 is 0 Å². The van der Waals surface area contributed by atoms with Gasteiger partial charge in [-0.1, -0.05) is 24.3 Å². The van der Waals surface area contributed by atoms with Crippen molar-refractivity contribution in [3.63, 3.8) is 0 Å². The summed E-state index contributed by atoms with van der Waals surface area (Å²) < 4.78 is 5.14. The van der Waals surface area contributed by atoms with Crippen LogP contribution in [0.2, 0.25) is 0 Å². The van der Waals surface area contributed by atoms with Crippen molar-refractivity contribution in [2.45, 2.75) is 24.9 Å². The zero-order valence-corrected chi connectivity index (χ0v) is 10.8. The Kier molecular flexibility index (Phi) is 3.17. The van der Waals surface area contributed by atoms with Crippen LogP contribution in [0.4, 0.5) is 0 Å². The molecule has 1 aliphatic carbocycles. The minimum atomic E-state index is -0.803. The molecule has 4 nitrogen and oxygen atoms in total. The first-order valence-electron chi connectivity index (χ1n) is 6.42. The Morgan fingerprint density at radius 3 is 2.79 bits per heavy atom. The molecule has 1 atom stereocenters. The fraction of sp³-hybridized carbons (Fsp3) is 0.333. The number of ether oxygens (including phenoxy) is 1. The standard InChI is InChI=1S/C15H16N2O2/c1-19-15-13(16-7-8-17-15)14(18)12-4-2-3-11(9-12)10-5-6-10/h2-4,7-10,14,18H,5-6H2,1H3. The van der Waals surface area contributed by atoms with Crippen LogP contribution in [0.1, 0.15) is 41.7 Å². The summed E-state index contributed by atoms with van der Waals surface area (Å²) in [6.07, 6.45) is 4.80. The van der Waals surface area contributed by atoms with Crippen LogP contribution in [0.3, 0.4) is 0 Å². The van der Waals surface area contributed by atoms with Gasteiger partial charge >= 0.3 is 0 Å². The van der Waals surface area contributed by atoms with Crippen LogP contribution in [-0.2, 0) is 0 Å². The number of benzene rings is 1. The molecule has 0 saturated heterocycles. The zero-order valence-electron chi connectivity index (χ0n) is 10.8. The maximum atomic E-state index is 10.4. The van der Waals surface area contributed by atoms with Gasteiger partial charge in [0.05, 0.1) is 7.11 Å². The van der Waals surface area contributed by atoms with Crippen molar-refractivity contribution in [3.8, 4) is 5.88 Å². The van der Waals surface area contributed by atoms with E-state index in [0.717, 1.165) is 5.56 Å². The van der Waals surface area contributed by atoms with Gasteiger partial charge in [0.1, 0.15) is 11.8 Å². The van der Waals surface area contributed by atoms with E-state index in [1.807, 2.05) is 12.1 Å². The van der Waals surface area contributed by atoms with Gasteiger partial charge in [-0.2, -0.15) is 0 Å². The maximum absolute atomic E-state index is 10.4. The van der Waals surface area contributed by atoms with Gasteiger partial charge in [-0.25, -0.2) is 4.98 Å². The summed E-state index contributed by atoms with van der Waals surface area (Å²) in [5, 5.41) is 10.4. The Morgan fingerprint density at radius 2 is 2.05 bits per heavy atom. The topological polar surface area (TPSA) is 55.2 Å². The minimum Gasteiger partial charge on any atom is -0.480 e. The van der Waals surface area contributed by atoms with Crippen molar-refractivity contribution in [1.29, 1.82) is 0 Å². The van der Waals surface area contributed by atoms with Gasteiger partial charge in [0.2, 0.25) is 5.88 Å². The van der Waals surface area contributed by atoms with Crippen molar-refractivity contribution in [2.75, 3.05) is 7.11 Å². The van der Waals surface area contributed by atoms with E-state index in [4.69, 9.17) is 4.74 Å². The molecule has 1 heterocycles. The Hall–Kier alpha value is -1.94. The lowest BCUT2D eigenvalue weighted by atomic mass is 10.0. The molecule has 0 amide bonds. The predicted octanol–water partition coefficient (Wildman–Crippen LogP) is 2.44. The van der Waals surface area contributed by atoms with Crippen molar-refractivity contribution < 1.29 is 9.84 Å². The number of hydrogen-bond acceptors (Lipinski definition) is 4. The summed E-state index contributed by atoms with van der Waals surface area (Å²) in [6.45, 7) is 0. The Bertz CT molecular complexity index is 582. The van der Waals surface area contributed by atoms with E-state index in [0.29, 0.717) is 17.5 Å². The first-order chi connectivity index (χ1) is 9.29. The highest BCUT2D eigenvalue weighted by atomic mass is 16.5. The third-order valence-electron chi connectivity index (χ3n) is 3.42. The van der Waals surface area contributed by atoms with Crippen LogP contribution in [-0.4, -0.2) is 22.2 Å². The summed E-state index contributed by atoms with van der Waals surface area (Å²) in [4.78, 5) is 8.25. The number of aromatic nitrogens is 2. The molecule has 3 rings (SSSR count). The number of hydrogen-bond donors (Lipinski definition) is 1.